The summed E-state index contributed by atoms with van der Waals surface area (Å²) in [6.45, 7) is 1.87. The monoisotopic (exact) mass is 191 g/mol. The van der Waals surface area contributed by atoms with Gasteiger partial charge in [0.1, 0.15) is 5.69 Å². The second-order valence-electron chi connectivity index (χ2n) is 3.69. The van der Waals surface area contributed by atoms with Crippen LogP contribution in [-0.4, -0.2) is 15.9 Å². The summed E-state index contributed by atoms with van der Waals surface area (Å²) in [6, 6.07) is 1.86. The van der Waals surface area contributed by atoms with E-state index in [4.69, 9.17) is 5.11 Å². The van der Waals surface area contributed by atoms with Crippen LogP contribution >= 0.6 is 0 Å². The van der Waals surface area contributed by atoms with Gasteiger partial charge in [-0.05, 0) is 37.0 Å². The summed E-state index contributed by atoms with van der Waals surface area (Å²) in [5, 5.41) is 8.98. The molecular formula is C11H13NO2. The topological polar surface area (TPSA) is 50.2 Å². The number of rotatable bonds is 1. The van der Waals surface area contributed by atoms with Crippen LogP contribution in [0.15, 0.2) is 6.07 Å². The van der Waals surface area contributed by atoms with Crippen molar-refractivity contribution in [1.82, 2.24) is 4.98 Å². The van der Waals surface area contributed by atoms with Gasteiger partial charge in [-0.2, -0.15) is 0 Å². The van der Waals surface area contributed by atoms with Gasteiger partial charge >= 0.3 is 0 Å². The average Bonchev–Trinajstić information content (AvgIpc) is 2.19. The number of aliphatic hydroxyl groups excluding tert-OH is 1. The highest BCUT2D eigenvalue weighted by Gasteiger charge is 2.20. The third kappa shape index (κ3) is 1.44. The van der Waals surface area contributed by atoms with Crippen LogP contribution in [0.25, 0.3) is 0 Å². The summed E-state index contributed by atoms with van der Waals surface area (Å²) >= 11 is 0. The normalized spacial score (nSPS) is 15.4. The highest BCUT2D eigenvalue weighted by Crippen LogP contribution is 2.23. The Kier molecular flexibility index (Phi) is 2.33. The number of aromatic nitrogens is 1. The lowest BCUT2D eigenvalue weighted by molar-refractivity contribution is 0.0966. The Morgan fingerprint density at radius 1 is 1.50 bits per heavy atom. The Morgan fingerprint density at radius 2 is 2.29 bits per heavy atom. The zero-order valence-corrected chi connectivity index (χ0v) is 8.21. The molecule has 0 saturated carbocycles. The first-order chi connectivity index (χ1) is 6.72. The summed E-state index contributed by atoms with van der Waals surface area (Å²) in [5.74, 6) is 0.115. The first kappa shape index (κ1) is 9.34. The van der Waals surface area contributed by atoms with Gasteiger partial charge in [0.15, 0.2) is 5.78 Å². The molecule has 0 amide bonds. The Morgan fingerprint density at radius 3 is 3.00 bits per heavy atom. The smallest absolute Gasteiger partial charge is 0.181 e. The molecule has 74 valence electrons. The molecule has 0 bridgehead atoms. The van der Waals surface area contributed by atoms with Gasteiger partial charge in [-0.25, -0.2) is 4.98 Å². The molecule has 0 fully saturated rings. The number of aliphatic hydroxyl groups is 1. The fourth-order valence-electron chi connectivity index (χ4n) is 1.94. The van der Waals surface area contributed by atoms with Crippen LogP contribution in [0.1, 0.15) is 40.2 Å². The minimum atomic E-state index is -0.0958. The molecule has 1 aromatic rings. The van der Waals surface area contributed by atoms with E-state index in [0.717, 1.165) is 24.0 Å². The fraction of sp³-hybridized carbons (Fsp3) is 0.455. The molecule has 0 atom stereocenters. The number of fused-ring (bicyclic) bond motifs is 1. The fourth-order valence-corrected chi connectivity index (χ4v) is 1.94. The summed E-state index contributed by atoms with van der Waals surface area (Å²) in [4.78, 5) is 15.7. The number of carbonyl (C=O) groups excluding carboxylic acids is 1. The molecule has 1 heterocycles. The minimum Gasteiger partial charge on any atom is -0.390 e. The predicted molar refractivity (Wildman–Crippen MR) is 52.2 cm³/mol. The van der Waals surface area contributed by atoms with Crippen molar-refractivity contribution in [1.29, 1.82) is 0 Å². The lowest BCUT2D eigenvalue weighted by Gasteiger charge is -2.16. The van der Waals surface area contributed by atoms with Gasteiger partial charge < -0.3 is 5.11 Å². The molecule has 0 saturated heterocycles. The predicted octanol–water partition coefficient (Wildman–Crippen LogP) is 1.40. The lowest BCUT2D eigenvalue weighted by Crippen LogP contribution is -2.15. The van der Waals surface area contributed by atoms with E-state index in [0.29, 0.717) is 17.8 Å². The van der Waals surface area contributed by atoms with Crippen LogP contribution in [0.5, 0.6) is 0 Å². The largest absolute Gasteiger partial charge is 0.390 e. The molecule has 0 aliphatic heterocycles. The molecule has 0 aromatic carbocycles. The molecule has 0 radical (unpaired) electrons. The van der Waals surface area contributed by atoms with Gasteiger partial charge in [-0.3, -0.25) is 4.79 Å². The van der Waals surface area contributed by atoms with Crippen molar-refractivity contribution in [2.24, 2.45) is 0 Å². The summed E-state index contributed by atoms with van der Waals surface area (Å²) in [7, 11) is 0. The number of Topliss-reactive ketones (excluding diaryl/α,β-unsaturated/α-hetero) is 1. The third-order valence-electron chi connectivity index (χ3n) is 2.66. The zero-order valence-electron chi connectivity index (χ0n) is 8.21. The van der Waals surface area contributed by atoms with E-state index in [-0.39, 0.29) is 12.4 Å². The third-order valence-corrected chi connectivity index (χ3v) is 2.66. The zero-order chi connectivity index (χ0) is 10.1. The Hall–Kier alpha value is -1.22. The molecule has 3 heteroatoms. The number of aryl methyl sites for hydroxylation is 1. The van der Waals surface area contributed by atoms with Crippen LogP contribution < -0.4 is 0 Å². The van der Waals surface area contributed by atoms with Gasteiger partial charge in [-0.15, -0.1) is 0 Å². The van der Waals surface area contributed by atoms with Crippen molar-refractivity contribution >= 4 is 5.78 Å². The van der Waals surface area contributed by atoms with Gasteiger partial charge in [0.25, 0.3) is 0 Å². The second-order valence-corrected chi connectivity index (χ2v) is 3.69. The maximum Gasteiger partial charge on any atom is 0.181 e. The number of hydrogen-bond acceptors (Lipinski definition) is 3. The van der Waals surface area contributed by atoms with E-state index in [1.165, 1.54) is 0 Å². The van der Waals surface area contributed by atoms with Crippen molar-refractivity contribution in [2.45, 2.75) is 32.8 Å². The first-order valence-corrected chi connectivity index (χ1v) is 4.86. The first-order valence-electron chi connectivity index (χ1n) is 4.86. The molecule has 1 aromatic heterocycles. The molecule has 2 rings (SSSR count). The van der Waals surface area contributed by atoms with E-state index >= 15 is 0 Å². The van der Waals surface area contributed by atoms with Crippen LogP contribution in [0.3, 0.4) is 0 Å². The quantitative estimate of drug-likeness (QED) is 0.730. The molecule has 0 spiro atoms. The second kappa shape index (κ2) is 3.50. The minimum absolute atomic E-state index is 0.0958. The number of pyridine rings is 1. The molecule has 1 aliphatic carbocycles. The highest BCUT2D eigenvalue weighted by atomic mass is 16.3. The van der Waals surface area contributed by atoms with Crippen LogP contribution in [0, 0.1) is 6.92 Å². The summed E-state index contributed by atoms with van der Waals surface area (Å²) in [5.41, 5.74) is 3.32. The van der Waals surface area contributed by atoms with E-state index in [1.54, 1.807) is 0 Å². The molecule has 14 heavy (non-hydrogen) atoms. The van der Waals surface area contributed by atoms with E-state index in [9.17, 15) is 4.79 Å². The maximum absolute atomic E-state index is 11.6. The SMILES string of the molecule is Cc1cc(CO)nc2c1CCCC2=O. The summed E-state index contributed by atoms with van der Waals surface area (Å²) in [6.07, 6.45) is 2.45. The van der Waals surface area contributed by atoms with Crippen LogP contribution in [-0.2, 0) is 13.0 Å². The lowest BCUT2D eigenvalue weighted by atomic mass is 9.91. The van der Waals surface area contributed by atoms with Crippen molar-refractivity contribution in [3.05, 3.63) is 28.6 Å². The summed E-state index contributed by atoms with van der Waals surface area (Å²) < 4.78 is 0. The van der Waals surface area contributed by atoms with E-state index < -0.39 is 0 Å². The number of hydrogen-bond donors (Lipinski definition) is 1. The van der Waals surface area contributed by atoms with Gasteiger partial charge in [-0.1, -0.05) is 0 Å². The van der Waals surface area contributed by atoms with Crippen molar-refractivity contribution in [3.8, 4) is 0 Å². The Balaban J connectivity index is 2.57. The van der Waals surface area contributed by atoms with Crippen LogP contribution in [0.2, 0.25) is 0 Å². The van der Waals surface area contributed by atoms with Crippen molar-refractivity contribution in [2.75, 3.05) is 0 Å². The molecule has 0 unspecified atom stereocenters. The molecule has 1 N–H and O–H groups in total. The van der Waals surface area contributed by atoms with Gasteiger partial charge in [0.05, 0.1) is 12.3 Å². The number of ketones is 1. The highest BCUT2D eigenvalue weighted by molar-refractivity contribution is 5.96. The van der Waals surface area contributed by atoms with Gasteiger partial charge in [0.2, 0.25) is 0 Å². The van der Waals surface area contributed by atoms with Crippen LogP contribution in [0.4, 0.5) is 0 Å². The maximum atomic E-state index is 11.6. The van der Waals surface area contributed by atoms with Crippen molar-refractivity contribution in [3.63, 3.8) is 0 Å². The molecule has 3 nitrogen and oxygen atoms in total. The Labute approximate surface area is 82.8 Å². The van der Waals surface area contributed by atoms with Crippen molar-refractivity contribution < 1.29 is 9.90 Å². The standard InChI is InChI=1S/C11H13NO2/c1-7-5-8(6-13)12-11-9(7)3-2-4-10(11)14/h5,13H,2-4,6H2,1H3. The molecular weight excluding hydrogens is 178 g/mol. The molecule has 1 aliphatic rings. The van der Waals surface area contributed by atoms with Gasteiger partial charge in [0, 0.05) is 6.42 Å². The number of nitrogens with zero attached hydrogens (tertiary/aromatic N) is 1. The number of carbonyl (C=O) groups is 1. The Bertz CT molecular complexity index is 385. The van der Waals surface area contributed by atoms with E-state index in [1.807, 2.05) is 13.0 Å². The van der Waals surface area contributed by atoms with E-state index in [2.05, 4.69) is 4.98 Å². The average molecular weight is 191 g/mol.